The highest BCUT2D eigenvalue weighted by Crippen LogP contribution is 2.31. The van der Waals surface area contributed by atoms with Crippen molar-refractivity contribution in [3.63, 3.8) is 0 Å². The molecule has 0 N–H and O–H groups in total. The number of rotatable bonds is 5. The molecule has 0 radical (unpaired) electrons. The molecule has 0 fully saturated rings. The lowest BCUT2D eigenvalue weighted by Crippen LogP contribution is -2.25. The highest BCUT2D eigenvalue weighted by molar-refractivity contribution is 6.33. The van der Waals surface area contributed by atoms with E-state index in [0.29, 0.717) is 22.9 Å². The van der Waals surface area contributed by atoms with Crippen molar-refractivity contribution in [3.8, 4) is 17.0 Å². The van der Waals surface area contributed by atoms with Gasteiger partial charge in [-0.2, -0.15) is 0 Å². The molecule has 1 aromatic carbocycles. The summed E-state index contributed by atoms with van der Waals surface area (Å²) in [6.45, 7) is 1.56. The minimum Gasteiger partial charge on any atom is -0.494 e. The van der Waals surface area contributed by atoms with Gasteiger partial charge >= 0.3 is 0 Å². The molecule has 0 saturated carbocycles. The third kappa shape index (κ3) is 3.59. The molecule has 0 aliphatic heterocycles. The van der Waals surface area contributed by atoms with Gasteiger partial charge in [-0.05, 0) is 37.3 Å². The molecule has 7 heteroatoms. The number of benzene rings is 1. The number of pyridine rings is 1. The fourth-order valence-electron chi connectivity index (χ4n) is 2.07. The third-order valence-electron chi connectivity index (χ3n) is 2.98. The van der Waals surface area contributed by atoms with Gasteiger partial charge in [0.05, 0.1) is 23.9 Å². The standard InChI is InChI=1S/C15H13Cl2F2NO2/c1-2-22-9-3-4-10(12(17)7-9)13-6-5-11(16)15(21)20(13)8-14(18)19/h3-7,14H,2,8H2,1H3. The van der Waals surface area contributed by atoms with Crippen LogP contribution in [0.25, 0.3) is 11.3 Å². The van der Waals surface area contributed by atoms with Gasteiger partial charge in [-0.25, -0.2) is 8.78 Å². The Morgan fingerprint density at radius 2 is 1.91 bits per heavy atom. The average Bonchev–Trinajstić information content (AvgIpc) is 2.45. The molecule has 0 bridgehead atoms. The Balaban J connectivity index is 2.57. The second kappa shape index (κ2) is 7.11. The van der Waals surface area contributed by atoms with Gasteiger partial charge in [0.15, 0.2) is 0 Å². The second-order valence-corrected chi connectivity index (χ2v) is 5.26. The number of aromatic nitrogens is 1. The summed E-state index contributed by atoms with van der Waals surface area (Å²) in [5.74, 6) is 0.563. The zero-order chi connectivity index (χ0) is 16.3. The highest BCUT2D eigenvalue weighted by atomic mass is 35.5. The predicted molar refractivity (Wildman–Crippen MR) is 83.3 cm³/mol. The van der Waals surface area contributed by atoms with Crippen LogP contribution < -0.4 is 10.3 Å². The van der Waals surface area contributed by atoms with Gasteiger partial charge in [0.2, 0.25) is 0 Å². The molecule has 0 aliphatic carbocycles. The number of ether oxygens (including phenoxy) is 1. The first kappa shape index (κ1) is 16.8. The summed E-state index contributed by atoms with van der Waals surface area (Å²) in [6.07, 6.45) is -2.68. The van der Waals surface area contributed by atoms with Crippen LogP contribution in [-0.4, -0.2) is 17.6 Å². The lowest BCUT2D eigenvalue weighted by molar-refractivity contribution is 0.126. The van der Waals surface area contributed by atoms with Gasteiger partial charge in [0, 0.05) is 5.56 Å². The molecule has 0 saturated heterocycles. The SMILES string of the molecule is CCOc1ccc(-c2ccc(Cl)c(=O)n2CC(F)F)c(Cl)c1. The van der Waals surface area contributed by atoms with E-state index in [4.69, 9.17) is 27.9 Å². The fraction of sp³-hybridized carbons (Fsp3) is 0.267. The summed E-state index contributed by atoms with van der Waals surface area (Å²) < 4.78 is 31.7. The normalized spacial score (nSPS) is 11.0. The van der Waals surface area contributed by atoms with Crippen LogP contribution in [0.1, 0.15) is 6.92 Å². The molecule has 0 atom stereocenters. The third-order valence-corrected chi connectivity index (χ3v) is 3.58. The van der Waals surface area contributed by atoms with Crippen LogP contribution in [0.3, 0.4) is 0 Å². The van der Waals surface area contributed by atoms with Crippen molar-refractivity contribution in [2.24, 2.45) is 0 Å². The summed E-state index contributed by atoms with van der Waals surface area (Å²) in [6, 6.07) is 7.72. The summed E-state index contributed by atoms with van der Waals surface area (Å²) in [5, 5.41) is 0.183. The Morgan fingerprint density at radius 1 is 1.18 bits per heavy atom. The maximum Gasteiger partial charge on any atom is 0.269 e. The lowest BCUT2D eigenvalue weighted by atomic mass is 10.1. The molecular weight excluding hydrogens is 335 g/mol. The van der Waals surface area contributed by atoms with Gasteiger partial charge < -0.3 is 9.30 Å². The van der Waals surface area contributed by atoms with E-state index in [1.165, 1.54) is 12.1 Å². The van der Waals surface area contributed by atoms with Crippen molar-refractivity contribution < 1.29 is 13.5 Å². The van der Waals surface area contributed by atoms with Crippen LogP contribution >= 0.6 is 23.2 Å². The zero-order valence-electron chi connectivity index (χ0n) is 11.7. The Bertz CT molecular complexity index is 732. The number of alkyl halides is 2. The second-order valence-electron chi connectivity index (χ2n) is 4.45. The van der Waals surface area contributed by atoms with Crippen molar-refractivity contribution >= 4 is 23.2 Å². The van der Waals surface area contributed by atoms with Crippen LogP contribution in [0, 0.1) is 0 Å². The minimum absolute atomic E-state index is 0.119. The largest absolute Gasteiger partial charge is 0.494 e. The summed E-state index contributed by atoms with van der Waals surface area (Å²) in [5.41, 5.74) is 0.0618. The van der Waals surface area contributed by atoms with Crippen LogP contribution in [0.5, 0.6) is 5.75 Å². The molecule has 1 aromatic heterocycles. The van der Waals surface area contributed by atoms with Gasteiger partial charge in [-0.1, -0.05) is 23.2 Å². The molecule has 3 nitrogen and oxygen atoms in total. The summed E-state index contributed by atoms with van der Waals surface area (Å²) in [7, 11) is 0. The van der Waals surface area contributed by atoms with E-state index < -0.39 is 18.5 Å². The van der Waals surface area contributed by atoms with Gasteiger partial charge in [-0.3, -0.25) is 4.79 Å². The van der Waals surface area contributed by atoms with E-state index in [0.717, 1.165) is 4.57 Å². The monoisotopic (exact) mass is 347 g/mol. The molecule has 118 valence electrons. The van der Waals surface area contributed by atoms with Crippen molar-refractivity contribution in [1.29, 1.82) is 0 Å². The maximum atomic E-state index is 12.7. The number of nitrogens with zero attached hydrogens (tertiary/aromatic N) is 1. The summed E-state index contributed by atoms with van der Waals surface area (Å²) in [4.78, 5) is 12.0. The van der Waals surface area contributed by atoms with Crippen LogP contribution in [0.15, 0.2) is 35.1 Å². The van der Waals surface area contributed by atoms with E-state index in [1.807, 2.05) is 6.92 Å². The molecular formula is C15H13Cl2F2NO2. The van der Waals surface area contributed by atoms with Gasteiger partial charge in [0.1, 0.15) is 10.8 Å². The number of hydrogen-bond donors (Lipinski definition) is 0. The van der Waals surface area contributed by atoms with E-state index in [9.17, 15) is 13.6 Å². The van der Waals surface area contributed by atoms with Crippen molar-refractivity contribution in [1.82, 2.24) is 4.57 Å². The first-order valence-corrected chi connectivity index (χ1v) is 7.29. The van der Waals surface area contributed by atoms with E-state index in [-0.39, 0.29) is 10.7 Å². The molecule has 0 amide bonds. The summed E-state index contributed by atoms with van der Waals surface area (Å²) >= 11 is 11.9. The first-order valence-electron chi connectivity index (χ1n) is 6.54. The lowest BCUT2D eigenvalue weighted by Gasteiger charge is -2.15. The Morgan fingerprint density at radius 3 is 2.50 bits per heavy atom. The topological polar surface area (TPSA) is 31.2 Å². The quantitative estimate of drug-likeness (QED) is 0.798. The van der Waals surface area contributed by atoms with Crippen LogP contribution in [-0.2, 0) is 6.54 Å². The fourth-order valence-corrected chi connectivity index (χ4v) is 2.50. The first-order chi connectivity index (χ1) is 10.4. The molecule has 2 aromatic rings. The minimum atomic E-state index is -2.68. The van der Waals surface area contributed by atoms with Crippen LogP contribution in [0.2, 0.25) is 10.0 Å². The number of hydrogen-bond acceptors (Lipinski definition) is 2. The average molecular weight is 348 g/mol. The molecule has 0 unspecified atom stereocenters. The predicted octanol–water partition coefficient (Wildman–Crippen LogP) is 4.49. The zero-order valence-corrected chi connectivity index (χ0v) is 13.2. The van der Waals surface area contributed by atoms with Crippen molar-refractivity contribution in [3.05, 3.63) is 50.7 Å². The molecule has 0 spiro atoms. The Labute approximate surface area is 136 Å². The Hall–Kier alpha value is -1.59. The van der Waals surface area contributed by atoms with E-state index >= 15 is 0 Å². The molecule has 2 rings (SSSR count). The highest BCUT2D eigenvalue weighted by Gasteiger charge is 2.16. The molecule has 0 aliphatic rings. The molecule has 1 heterocycles. The van der Waals surface area contributed by atoms with Crippen molar-refractivity contribution in [2.45, 2.75) is 19.9 Å². The van der Waals surface area contributed by atoms with Gasteiger partial charge in [0.25, 0.3) is 12.0 Å². The van der Waals surface area contributed by atoms with Crippen molar-refractivity contribution in [2.75, 3.05) is 6.61 Å². The van der Waals surface area contributed by atoms with Crippen LogP contribution in [0.4, 0.5) is 8.78 Å². The van der Waals surface area contributed by atoms with E-state index in [2.05, 4.69) is 0 Å². The smallest absolute Gasteiger partial charge is 0.269 e. The molecule has 22 heavy (non-hydrogen) atoms. The van der Waals surface area contributed by atoms with E-state index in [1.54, 1.807) is 18.2 Å². The Kier molecular flexibility index (Phi) is 5.42. The van der Waals surface area contributed by atoms with Gasteiger partial charge in [-0.15, -0.1) is 0 Å². The number of halogens is 4. The maximum absolute atomic E-state index is 12.7.